The molecule has 194 valence electrons. The summed E-state index contributed by atoms with van der Waals surface area (Å²) in [7, 11) is 0. The van der Waals surface area contributed by atoms with Gasteiger partial charge in [-0.05, 0) is 72.6 Å². The number of carbonyl (C=O) groups is 1. The summed E-state index contributed by atoms with van der Waals surface area (Å²) in [5, 5.41) is 0.408. The molecule has 1 atom stereocenters. The summed E-state index contributed by atoms with van der Waals surface area (Å²) >= 11 is 3.45. The van der Waals surface area contributed by atoms with Crippen LogP contribution >= 0.6 is 15.9 Å². The Morgan fingerprint density at radius 2 is 1.64 bits per heavy atom. The molecule has 6 nitrogen and oxygen atoms in total. The van der Waals surface area contributed by atoms with Crippen molar-refractivity contribution in [3.63, 3.8) is 0 Å². The van der Waals surface area contributed by atoms with Gasteiger partial charge in [-0.25, -0.2) is 0 Å². The van der Waals surface area contributed by atoms with Crippen molar-refractivity contribution in [2.24, 2.45) is 0 Å². The Bertz CT molecular complexity index is 1730. The smallest absolute Gasteiger partial charge is 0.295 e. The third kappa shape index (κ3) is 4.70. The van der Waals surface area contributed by atoms with Crippen molar-refractivity contribution >= 4 is 38.5 Å². The van der Waals surface area contributed by atoms with Crippen molar-refractivity contribution in [3.05, 3.63) is 134 Å². The minimum Gasteiger partial charge on any atom is -0.494 e. The quantitative estimate of drug-likeness (QED) is 0.202. The lowest BCUT2D eigenvalue weighted by atomic mass is 9.98. The van der Waals surface area contributed by atoms with Crippen molar-refractivity contribution in [2.45, 2.75) is 19.6 Å². The van der Waals surface area contributed by atoms with E-state index in [1.165, 1.54) is 0 Å². The van der Waals surface area contributed by atoms with Crippen molar-refractivity contribution in [3.8, 4) is 11.5 Å². The first-order valence-electron chi connectivity index (χ1n) is 12.6. The third-order valence-corrected chi connectivity index (χ3v) is 7.17. The largest absolute Gasteiger partial charge is 0.494 e. The second-order valence-corrected chi connectivity index (χ2v) is 10.1. The Morgan fingerprint density at radius 3 is 2.41 bits per heavy atom. The molecule has 7 heteroatoms. The summed E-state index contributed by atoms with van der Waals surface area (Å²) in [5.74, 6) is 1.00. The van der Waals surface area contributed by atoms with Crippen LogP contribution in [0, 0.1) is 0 Å². The van der Waals surface area contributed by atoms with Crippen molar-refractivity contribution < 1.29 is 18.7 Å². The maximum absolute atomic E-state index is 13.9. The number of rotatable bonds is 7. The first kappa shape index (κ1) is 24.9. The van der Waals surface area contributed by atoms with Crippen LogP contribution in [0.25, 0.3) is 11.0 Å². The molecular formula is C32H24BrNO5. The van der Waals surface area contributed by atoms with E-state index in [0.29, 0.717) is 46.9 Å². The van der Waals surface area contributed by atoms with Crippen molar-refractivity contribution in [1.29, 1.82) is 0 Å². The molecule has 0 spiro atoms. The van der Waals surface area contributed by atoms with Gasteiger partial charge >= 0.3 is 0 Å². The van der Waals surface area contributed by atoms with Gasteiger partial charge in [-0.15, -0.1) is 0 Å². The third-order valence-electron chi connectivity index (χ3n) is 6.68. The molecule has 0 bridgehead atoms. The molecule has 0 aliphatic carbocycles. The zero-order valence-electron chi connectivity index (χ0n) is 21.1. The maximum atomic E-state index is 13.9. The van der Waals surface area contributed by atoms with Gasteiger partial charge in [-0.2, -0.15) is 0 Å². The fourth-order valence-electron chi connectivity index (χ4n) is 4.91. The molecule has 39 heavy (non-hydrogen) atoms. The van der Waals surface area contributed by atoms with Crippen LogP contribution in [0.4, 0.5) is 5.69 Å². The number of halogens is 1. The van der Waals surface area contributed by atoms with Crippen LogP contribution in [-0.2, 0) is 6.61 Å². The Morgan fingerprint density at radius 1 is 0.846 bits per heavy atom. The molecule has 6 rings (SSSR count). The fourth-order valence-corrected chi connectivity index (χ4v) is 5.27. The predicted octanol–water partition coefficient (Wildman–Crippen LogP) is 7.28. The van der Waals surface area contributed by atoms with Gasteiger partial charge in [-0.1, -0.05) is 58.4 Å². The highest BCUT2D eigenvalue weighted by Crippen LogP contribution is 2.42. The van der Waals surface area contributed by atoms with Crippen LogP contribution in [0.5, 0.6) is 11.5 Å². The van der Waals surface area contributed by atoms with E-state index in [1.54, 1.807) is 23.1 Å². The molecular weight excluding hydrogens is 558 g/mol. The molecule has 5 aromatic rings. The van der Waals surface area contributed by atoms with E-state index >= 15 is 0 Å². The van der Waals surface area contributed by atoms with Crippen molar-refractivity contribution in [2.75, 3.05) is 11.5 Å². The number of carbonyl (C=O) groups excluding carboxylic acids is 1. The molecule has 0 radical (unpaired) electrons. The molecule has 1 aromatic heterocycles. The van der Waals surface area contributed by atoms with Crippen LogP contribution in [0.1, 0.15) is 40.2 Å². The van der Waals surface area contributed by atoms with E-state index in [1.807, 2.05) is 85.8 Å². The van der Waals surface area contributed by atoms with Crippen LogP contribution in [0.15, 0.2) is 111 Å². The first-order valence-corrected chi connectivity index (χ1v) is 13.4. The highest BCUT2D eigenvalue weighted by Gasteiger charge is 2.43. The number of ether oxygens (including phenoxy) is 2. The highest BCUT2D eigenvalue weighted by atomic mass is 79.9. The molecule has 0 saturated heterocycles. The molecule has 1 unspecified atom stereocenters. The number of benzene rings is 4. The van der Waals surface area contributed by atoms with E-state index in [4.69, 9.17) is 13.9 Å². The van der Waals surface area contributed by atoms with Gasteiger partial charge in [0, 0.05) is 10.2 Å². The second-order valence-electron chi connectivity index (χ2n) is 9.17. The Kier molecular flexibility index (Phi) is 6.67. The summed E-state index contributed by atoms with van der Waals surface area (Å²) in [6, 6.07) is 29.2. The minimum atomic E-state index is -0.703. The van der Waals surface area contributed by atoms with Gasteiger partial charge in [0.25, 0.3) is 5.91 Å². The molecule has 0 N–H and O–H groups in total. The van der Waals surface area contributed by atoms with Gasteiger partial charge < -0.3 is 13.9 Å². The van der Waals surface area contributed by atoms with Gasteiger partial charge in [-0.3, -0.25) is 14.5 Å². The normalized spacial score (nSPS) is 14.5. The SMILES string of the molecule is CCOc1ccc(N2C(=O)c3oc4ccc(Br)cc4c(=O)c3C2c2cccc(OCc3ccccc3)c2)cc1. The van der Waals surface area contributed by atoms with E-state index in [-0.39, 0.29) is 17.1 Å². The summed E-state index contributed by atoms with van der Waals surface area (Å²) in [6.07, 6.45) is 0. The molecule has 4 aromatic carbocycles. The molecule has 1 aliphatic heterocycles. The predicted molar refractivity (Wildman–Crippen MR) is 154 cm³/mol. The summed E-state index contributed by atoms with van der Waals surface area (Å²) < 4.78 is 18.5. The van der Waals surface area contributed by atoms with Crippen LogP contribution < -0.4 is 19.8 Å². The second kappa shape index (κ2) is 10.4. The number of anilines is 1. The summed E-state index contributed by atoms with van der Waals surface area (Å²) in [5.41, 5.74) is 2.83. The average Bonchev–Trinajstić information content (AvgIpc) is 3.26. The van der Waals surface area contributed by atoms with Crippen LogP contribution in [-0.4, -0.2) is 12.5 Å². The van der Waals surface area contributed by atoms with E-state index in [9.17, 15) is 9.59 Å². The lowest BCUT2D eigenvalue weighted by Crippen LogP contribution is -2.29. The maximum Gasteiger partial charge on any atom is 0.295 e. The summed E-state index contributed by atoms with van der Waals surface area (Å²) in [6.45, 7) is 2.85. The number of nitrogens with zero attached hydrogens (tertiary/aromatic N) is 1. The van der Waals surface area contributed by atoms with Crippen LogP contribution in [0.3, 0.4) is 0 Å². The van der Waals surface area contributed by atoms with E-state index < -0.39 is 6.04 Å². The first-order chi connectivity index (χ1) is 19.0. The zero-order valence-corrected chi connectivity index (χ0v) is 22.7. The molecule has 2 heterocycles. The number of amides is 1. The standard InChI is InChI=1S/C32H24BrNO5/c1-2-37-24-14-12-23(13-15-24)34-29(21-9-6-10-25(17-21)38-19-20-7-4-3-5-8-20)28-30(35)26-18-22(33)11-16-27(26)39-31(28)32(34)36/h3-18,29H,2,19H2,1H3. The average molecular weight is 582 g/mol. The topological polar surface area (TPSA) is 69.0 Å². The highest BCUT2D eigenvalue weighted by molar-refractivity contribution is 9.10. The fraction of sp³-hybridized carbons (Fsp3) is 0.125. The van der Waals surface area contributed by atoms with Crippen LogP contribution in [0.2, 0.25) is 0 Å². The Balaban J connectivity index is 1.47. The summed E-state index contributed by atoms with van der Waals surface area (Å²) in [4.78, 5) is 29.4. The lowest BCUT2D eigenvalue weighted by Gasteiger charge is -2.25. The number of hydrogen-bond donors (Lipinski definition) is 0. The lowest BCUT2D eigenvalue weighted by molar-refractivity contribution is 0.0971. The molecule has 0 saturated carbocycles. The van der Waals surface area contributed by atoms with Gasteiger partial charge in [0.15, 0.2) is 5.43 Å². The van der Waals surface area contributed by atoms with Gasteiger partial charge in [0.05, 0.1) is 23.6 Å². The van der Waals surface area contributed by atoms with Crippen molar-refractivity contribution in [1.82, 2.24) is 0 Å². The number of fused-ring (bicyclic) bond motifs is 2. The molecule has 0 fully saturated rings. The van der Waals surface area contributed by atoms with Gasteiger partial charge in [0.1, 0.15) is 23.7 Å². The molecule has 1 amide bonds. The Labute approximate surface area is 233 Å². The zero-order chi connectivity index (χ0) is 26.9. The monoisotopic (exact) mass is 581 g/mol. The van der Waals surface area contributed by atoms with E-state index in [2.05, 4.69) is 15.9 Å². The number of hydrogen-bond acceptors (Lipinski definition) is 5. The van der Waals surface area contributed by atoms with Gasteiger partial charge in [0.2, 0.25) is 5.76 Å². The molecule has 1 aliphatic rings. The Hall–Kier alpha value is -4.36. The minimum absolute atomic E-state index is 0.0457. The van der Waals surface area contributed by atoms with E-state index in [0.717, 1.165) is 15.6 Å².